The number of amides is 2. The molecule has 0 aromatic heterocycles. The quantitative estimate of drug-likeness (QED) is 0.837. The van der Waals surface area contributed by atoms with Gasteiger partial charge in [-0.25, -0.2) is 4.79 Å². The average Bonchev–Trinajstić information content (AvgIpc) is 3.07. The second-order valence-corrected chi connectivity index (χ2v) is 6.23. The predicted molar refractivity (Wildman–Crippen MR) is 96.8 cm³/mol. The van der Waals surface area contributed by atoms with Crippen LogP contribution in [0.25, 0.3) is 0 Å². The highest BCUT2D eigenvalue weighted by atomic mass is 35.5. The lowest BCUT2D eigenvalue weighted by atomic mass is 10.1. The Kier molecular flexibility index (Phi) is 5.26. The first-order valence-electron chi connectivity index (χ1n) is 8.23. The molecule has 0 spiro atoms. The lowest BCUT2D eigenvalue weighted by molar-refractivity contribution is 0.207. The van der Waals surface area contributed by atoms with E-state index in [1.165, 1.54) is 0 Å². The van der Waals surface area contributed by atoms with Crippen molar-refractivity contribution in [3.05, 3.63) is 59.1 Å². The summed E-state index contributed by atoms with van der Waals surface area (Å²) in [7, 11) is 0. The van der Waals surface area contributed by atoms with Crippen LogP contribution in [0.3, 0.4) is 0 Å². The first kappa shape index (κ1) is 16.7. The van der Waals surface area contributed by atoms with Crippen LogP contribution >= 0.6 is 11.6 Å². The van der Waals surface area contributed by atoms with E-state index >= 15 is 0 Å². The molecule has 3 rings (SSSR count). The lowest BCUT2D eigenvalue weighted by Gasteiger charge is -2.25. The number of carbonyl (C=O) groups is 1. The molecule has 5 heteroatoms. The Balaban J connectivity index is 1.68. The number of nitrogens with zero attached hydrogens (tertiary/aromatic N) is 1. The average molecular weight is 345 g/mol. The maximum absolute atomic E-state index is 12.6. The smallest absolute Gasteiger partial charge is 0.322 e. The Hall–Kier alpha value is -2.20. The van der Waals surface area contributed by atoms with Gasteiger partial charge >= 0.3 is 6.03 Å². The van der Waals surface area contributed by atoms with E-state index in [2.05, 4.69) is 5.32 Å². The van der Waals surface area contributed by atoms with E-state index in [1.54, 1.807) is 0 Å². The van der Waals surface area contributed by atoms with Gasteiger partial charge in [-0.1, -0.05) is 23.7 Å². The molecule has 1 atom stereocenters. The number of nitrogens with one attached hydrogen (secondary N) is 1. The van der Waals surface area contributed by atoms with Gasteiger partial charge in [-0.3, -0.25) is 0 Å². The van der Waals surface area contributed by atoms with Gasteiger partial charge in [0.25, 0.3) is 0 Å². The molecule has 126 valence electrons. The number of hydrogen-bond acceptors (Lipinski definition) is 2. The maximum Gasteiger partial charge on any atom is 0.322 e. The summed E-state index contributed by atoms with van der Waals surface area (Å²) in [5.41, 5.74) is 1.89. The number of halogens is 1. The molecule has 2 amide bonds. The third-order valence-corrected chi connectivity index (χ3v) is 4.44. The summed E-state index contributed by atoms with van der Waals surface area (Å²) in [6, 6.07) is 15.2. The highest BCUT2D eigenvalue weighted by molar-refractivity contribution is 6.30. The van der Waals surface area contributed by atoms with Crippen molar-refractivity contribution in [1.29, 1.82) is 0 Å². The van der Waals surface area contributed by atoms with Crippen molar-refractivity contribution in [3.8, 4) is 5.75 Å². The number of anilines is 1. The van der Waals surface area contributed by atoms with Crippen molar-refractivity contribution in [2.24, 2.45) is 0 Å². The Morgan fingerprint density at radius 2 is 1.92 bits per heavy atom. The van der Waals surface area contributed by atoms with E-state index in [4.69, 9.17) is 16.3 Å². The standard InChI is InChI=1S/C19H21ClN2O2/c1-2-24-17-11-9-16(10-12-17)21-19(23)22-13-3-4-18(22)14-5-7-15(20)8-6-14/h5-12,18H,2-4,13H2,1H3,(H,21,23). The number of likely N-dealkylation sites (tertiary alicyclic amines) is 1. The van der Waals surface area contributed by atoms with Gasteiger partial charge in [-0.05, 0) is 61.7 Å². The van der Waals surface area contributed by atoms with Gasteiger partial charge < -0.3 is 15.0 Å². The van der Waals surface area contributed by atoms with Crippen LogP contribution in [0.2, 0.25) is 5.02 Å². The minimum atomic E-state index is -0.0726. The van der Waals surface area contributed by atoms with Gasteiger partial charge in [-0.2, -0.15) is 0 Å². The van der Waals surface area contributed by atoms with Gasteiger partial charge in [0, 0.05) is 17.3 Å². The largest absolute Gasteiger partial charge is 0.494 e. The zero-order chi connectivity index (χ0) is 16.9. The summed E-state index contributed by atoms with van der Waals surface area (Å²) < 4.78 is 5.42. The van der Waals surface area contributed by atoms with Crippen LogP contribution in [0.1, 0.15) is 31.4 Å². The number of urea groups is 1. The van der Waals surface area contributed by atoms with E-state index in [9.17, 15) is 4.79 Å². The van der Waals surface area contributed by atoms with E-state index in [0.29, 0.717) is 11.6 Å². The SMILES string of the molecule is CCOc1ccc(NC(=O)N2CCCC2c2ccc(Cl)cc2)cc1. The summed E-state index contributed by atoms with van der Waals surface area (Å²) in [5, 5.41) is 3.68. The summed E-state index contributed by atoms with van der Waals surface area (Å²) in [6.45, 7) is 3.33. The second-order valence-electron chi connectivity index (χ2n) is 5.79. The molecule has 0 saturated carbocycles. The molecule has 2 aromatic carbocycles. The third kappa shape index (κ3) is 3.82. The monoisotopic (exact) mass is 344 g/mol. The van der Waals surface area contributed by atoms with Crippen molar-refractivity contribution in [2.45, 2.75) is 25.8 Å². The number of carbonyl (C=O) groups excluding carboxylic acids is 1. The number of benzene rings is 2. The van der Waals surface area contributed by atoms with Crippen LogP contribution in [0.5, 0.6) is 5.75 Å². The molecule has 1 unspecified atom stereocenters. The fourth-order valence-corrected chi connectivity index (χ4v) is 3.16. The predicted octanol–water partition coefficient (Wildman–Crippen LogP) is 5.11. The van der Waals surface area contributed by atoms with Crippen LogP contribution in [-0.4, -0.2) is 24.1 Å². The van der Waals surface area contributed by atoms with Crippen LogP contribution < -0.4 is 10.1 Å². The summed E-state index contributed by atoms with van der Waals surface area (Å²) in [6.07, 6.45) is 1.97. The van der Waals surface area contributed by atoms with Gasteiger partial charge in [0.2, 0.25) is 0 Å². The highest BCUT2D eigenvalue weighted by Gasteiger charge is 2.29. The number of rotatable bonds is 4. The first-order chi connectivity index (χ1) is 11.7. The summed E-state index contributed by atoms with van der Waals surface area (Å²) >= 11 is 5.96. The molecule has 24 heavy (non-hydrogen) atoms. The first-order valence-corrected chi connectivity index (χ1v) is 8.61. The fourth-order valence-electron chi connectivity index (χ4n) is 3.04. The zero-order valence-corrected chi connectivity index (χ0v) is 14.4. The third-order valence-electron chi connectivity index (χ3n) is 4.19. The molecular weight excluding hydrogens is 324 g/mol. The lowest BCUT2D eigenvalue weighted by Crippen LogP contribution is -2.34. The molecule has 1 N–H and O–H groups in total. The minimum Gasteiger partial charge on any atom is -0.494 e. The van der Waals surface area contributed by atoms with Crippen molar-refractivity contribution in [2.75, 3.05) is 18.5 Å². The molecule has 4 nitrogen and oxygen atoms in total. The van der Waals surface area contributed by atoms with Crippen LogP contribution in [-0.2, 0) is 0 Å². The van der Waals surface area contributed by atoms with E-state index in [1.807, 2.05) is 60.4 Å². The molecule has 1 heterocycles. The molecule has 1 saturated heterocycles. The summed E-state index contributed by atoms with van der Waals surface area (Å²) in [5.74, 6) is 0.802. The van der Waals surface area contributed by atoms with Gasteiger partial charge in [0.15, 0.2) is 0 Å². The molecule has 2 aromatic rings. The van der Waals surface area contributed by atoms with Gasteiger partial charge in [0.1, 0.15) is 5.75 Å². The van der Waals surface area contributed by atoms with Crippen LogP contribution in [0.4, 0.5) is 10.5 Å². The molecule has 1 fully saturated rings. The normalized spacial score (nSPS) is 16.9. The van der Waals surface area contributed by atoms with E-state index in [0.717, 1.165) is 36.4 Å². The molecule has 0 radical (unpaired) electrons. The van der Waals surface area contributed by atoms with Crippen molar-refractivity contribution >= 4 is 23.3 Å². The Labute approximate surface area is 147 Å². The highest BCUT2D eigenvalue weighted by Crippen LogP contribution is 2.33. The van der Waals surface area contributed by atoms with Crippen molar-refractivity contribution in [1.82, 2.24) is 4.90 Å². The topological polar surface area (TPSA) is 41.6 Å². The fraction of sp³-hybridized carbons (Fsp3) is 0.316. The zero-order valence-electron chi connectivity index (χ0n) is 13.7. The van der Waals surface area contributed by atoms with Gasteiger partial charge in [0.05, 0.1) is 12.6 Å². The molecule has 0 aliphatic carbocycles. The Morgan fingerprint density at radius 1 is 1.21 bits per heavy atom. The molecular formula is C19H21ClN2O2. The second kappa shape index (κ2) is 7.58. The Bertz CT molecular complexity index is 686. The van der Waals surface area contributed by atoms with Crippen molar-refractivity contribution in [3.63, 3.8) is 0 Å². The number of ether oxygens (including phenoxy) is 1. The molecule has 1 aliphatic rings. The van der Waals surface area contributed by atoms with Crippen LogP contribution in [0, 0.1) is 0 Å². The maximum atomic E-state index is 12.6. The molecule has 1 aliphatic heterocycles. The number of hydrogen-bond donors (Lipinski definition) is 1. The summed E-state index contributed by atoms with van der Waals surface area (Å²) in [4.78, 5) is 14.5. The van der Waals surface area contributed by atoms with E-state index in [-0.39, 0.29) is 12.1 Å². The van der Waals surface area contributed by atoms with E-state index < -0.39 is 0 Å². The minimum absolute atomic E-state index is 0.0726. The Morgan fingerprint density at radius 3 is 2.58 bits per heavy atom. The van der Waals surface area contributed by atoms with Crippen molar-refractivity contribution < 1.29 is 9.53 Å². The molecule has 0 bridgehead atoms. The van der Waals surface area contributed by atoms with Crippen LogP contribution in [0.15, 0.2) is 48.5 Å². The van der Waals surface area contributed by atoms with Gasteiger partial charge in [-0.15, -0.1) is 0 Å².